The fraction of sp³-hybridized carbons (Fsp3) is 0.538. The van der Waals surface area contributed by atoms with E-state index < -0.39 is 11.1 Å². The number of aryl methyl sites for hydroxylation is 1. The zero-order chi connectivity index (χ0) is 13.4. The van der Waals surface area contributed by atoms with Crippen LogP contribution >= 0.6 is 0 Å². The third kappa shape index (κ3) is 23.3. The zero-order valence-electron chi connectivity index (χ0n) is 11.6. The molecule has 0 saturated carbocycles. The molecule has 0 N–H and O–H groups in total. The van der Waals surface area contributed by atoms with Crippen LogP contribution in [0.25, 0.3) is 0 Å². The lowest BCUT2D eigenvalue weighted by molar-refractivity contribution is 0.450. The Balaban J connectivity index is -0.000000167. The lowest BCUT2D eigenvalue weighted by Crippen LogP contribution is -1.83. The van der Waals surface area contributed by atoms with Gasteiger partial charge in [0.2, 0.25) is 0 Å². The van der Waals surface area contributed by atoms with Gasteiger partial charge >= 0.3 is 0 Å². The molecule has 0 radical (unpaired) electrons. The van der Waals surface area contributed by atoms with Gasteiger partial charge in [0.15, 0.2) is 11.1 Å². The summed E-state index contributed by atoms with van der Waals surface area (Å²) in [4.78, 5) is 0. The summed E-state index contributed by atoms with van der Waals surface area (Å²) in [5.41, 5.74) is 1.32. The van der Waals surface area contributed by atoms with Crippen molar-refractivity contribution < 1.29 is 8.39 Å². The van der Waals surface area contributed by atoms with Crippen molar-refractivity contribution in [3.05, 3.63) is 35.9 Å². The van der Waals surface area contributed by atoms with E-state index in [4.69, 9.17) is 0 Å². The molecule has 0 saturated heterocycles. The van der Waals surface area contributed by atoms with Gasteiger partial charge in [-0.05, 0) is 6.92 Å². The summed E-state index contributed by atoms with van der Waals surface area (Å²) in [5.74, 6) is 0. The number of hydrogen-bond donors (Lipinski definition) is 0. The van der Waals surface area contributed by atoms with Gasteiger partial charge in [0.1, 0.15) is 0 Å². The Morgan fingerprint density at radius 3 is 1.44 bits per heavy atom. The van der Waals surface area contributed by atoms with Gasteiger partial charge in [-0.1, -0.05) is 63.6 Å². The van der Waals surface area contributed by atoms with Crippen molar-refractivity contribution in [1.29, 1.82) is 0 Å². The van der Waals surface area contributed by atoms with Gasteiger partial charge in [0.25, 0.3) is 0 Å². The van der Waals surface area contributed by atoms with Crippen LogP contribution in [0.4, 0.5) is 0 Å². The summed E-state index contributed by atoms with van der Waals surface area (Å²) in [5, 5.41) is 0. The van der Waals surface area contributed by atoms with Crippen molar-refractivity contribution in [2.75, 3.05) is 13.4 Å². The lowest BCUT2D eigenvalue weighted by Gasteiger charge is -1.82. The van der Waals surface area contributed by atoms with Crippen LogP contribution in [0.1, 0.15) is 33.3 Å². The summed E-state index contributed by atoms with van der Waals surface area (Å²) < 4.78 is 13.9. The van der Waals surface area contributed by atoms with Crippen molar-refractivity contribution in [3.63, 3.8) is 0 Å². The lowest BCUT2D eigenvalue weighted by atomic mass is 10.2. The summed E-state index contributed by atoms with van der Waals surface area (Å²) in [6.07, 6.45) is 1.47. The molecule has 96 valence electrons. The topological polar surface area (TPSA) is 26.3 Å². The van der Waals surface area contributed by atoms with Gasteiger partial charge in [-0.2, -0.15) is 0 Å². The van der Waals surface area contributed by atoms with Crippen LogP contribution in [0.3, 0.4) is 0 Å². The van der Waals surface area contributed by atoms with E-state index in [0.717, 1.165) is 0 Å². The Hall–Kier alpha value is -0.670. The SMILES string of the molecule is CC.CC.COS(C)=O.Cc1ccccc1. The average Bonchev–Trinajstić information content (AvgIpc) is 2.36. The molecule has 0 heterocycles. The normalized spacial score (nSPS) is 9.19. The Labute approximate surface area is 104 Å². The van der Waals surface area contributed by atoms with Crippen molar-refractivity contribution in [2.24, 2.45) is 0 Å². The molecule has 1 aromatic rings. The highest BCUT2D eigenvalue weighted by Gasteiger charge is 1.72. The summed E-state index contributed by atoms with van der Waals surface area (Å²) in [6.45, 7) is 10.1. The zero-order valence-corrected chi connectivity index (χ0v) is 12.4. The summed E-state index contributed by atoms with van der Waals surface area (Å²) >= 11 is -1.07. The molecule has 0 bridgehead atoms. The van der Waals surface area contributed by atoms with Gasteiger partial charge in [-0.3, -0.25) is 4.18 Å². The molecule has 0 amide bonds. The first-order valence-electron chi connectivity index (χ1n) is 5.56. The van der Waals surface area contributed by atoms with Crippen LogP contribution in [0.5, 0.6) is 0 Å². The van der Waals surface area contributed by atoms with Gasteiger partial charge in [0.05, 0.1) is 7.11 Å². The Morgan fingerprint density at radius 1 is 1.00 bits per heavy atom. The monoisotopic (exact) mass is 246 g/mol. The molecule has 0 aromatic heterocycles. The first-order valence-corrected chi connectivity index (χ1v) is 7.04. The highest BCUT2D eigenvalue weighted by molar-refractivity contribution is 7.79. The maximum Gasteiger partial charge on any atom is 0.151 e. The second kappa shape index (κ2) is 19.8. The van der Waals surface area contributed by atoms with Crippen molar-refractivity contribution in [1.82, 2.24) is 0 Å². The molecule has 0 spiro atoms. The minimum Gasteiger partial charge on any atom is -0.294 e. The average molecular weight is 246 g/mol. The summed E-state index contributed by atoms with van der Waals surface area (Å²) in [6, 6.07) is 10.3. The van der Waals surface area contributed by atoms with E-state index in [1.165, 1.54) is 18.9 Å². The highest BCUT2D eigenvalue weighted by Crippen LogP contribution is 1.92. The van der Waals surface area contributed by atoms with Crippen LogP contribution in [-0.2, 0) is 15.3 Å². The van der Waals surface area contributed by atoms with Gasteiger partial charge in [-0.25, -0.2) is 4.21 Å². The van der Waals surface area contributed by atoms with E-state index in [-0.39, 0.29) is 0 Å². The molecule has 0 aliphatic rings. The van der Waals surface area contributed by atoms with Crippen LogP contribution in [0, 0.1) is 6.92 Å². The van der Waals surface area contributed by atoms with Gasteiger partial charge in [0, 0.05) is 6.26 Å². The van der Waals surface area contributed by atoms with Crippen LogP contribution in [0.2, 0.25) is 0 Å². The second-order valence-corrected chi connectivity index (χ2v) is 3.36. The molecule has 0 aliphatic heterocycles. The molecular weight excluding hydrogens is 220 g/mol. The molecule has 0 aliphatic carbocycles. The van der Waals surface area contributed by atoms with Gasteiger partial charge in [-0.15, -0.1) is 0 Å². The predicted molar refractivity (Wildman–Crippen MR) is 75.0 cm³/mol. The predicted octanol–water partition coefficient (Wildman–Crippen LogP) is 3.97. The minimum absolute atomic E-state index is 1.07. The first-order chi connectivity index (χ1) is 7.66. The van der Waals surface area contributed by atoms with E-state index >= 15 is 0 Å². The fourth-order valence-electron chi connectivity index (χ4n) is 0.534. The maximum absolute atomic E-state index is 9.70. The largest absolute Gasteiger partial charge is 0.294 e. The van der Waals surface area contributed by atoms with Crippen molar-refractivity contribution >= 4 is 11.1 Å². The molecule has 3 heteroatoms. The van der Waals surface area contributed by atoms with Crippen molar-refractivity contribution in [2.45, 2.75) is 34.6 Å². The quantitative estimate of drug-likeness (QED) is 0.749. The minimum atomic E-state index is -1.07. The van der Waals surface area contributed by atoms with E-state index in [2.05, 4.69) is 23.2 Å². The van der Waals surface area contributed by atoms with Gasteiger partial charge < -0.3 is 0 Å². The van der Waals surface area contributed by atoms with E-state index in [9.17, 15) is 4.21 Å². The van der Waals surface area contributed by atoms with Crippen LogP contribution < -0.4 is 0 Å². The number of hydrogen-bond acceptors (Lipinski definition) is 2. The number of rotatable bonds is 1. The van der Waals surface area contributed by atoms with Crippen LogP contribution in [-0.4, -0.2) is 17.6 Å². The van der Waals surface area contributed by atoms with Crippen molar-refractivity contribution in [3.8, 4) is 0 Å². The molecule has 1 unspecified atom stereocenters. The smallest absolute Gasteiger partial charge is 0.151 e. The van der Waals surface area contributed by atoms with E-state index in [1.54, 1.807) is 0 Å². The molecular formula is C13H26O2S. The third-order valence-corrected chi connectivity index (χ3v) is 1.64. The summed E-state index contributed by atoms with van der Waals surface area (Å²) in [7, 11) is 1.40. The molecule has 1 atom stereocenters. The van der Waals surface area contributed by atoms with Crippen LogP contribution in [0.15, 0.2) is 30.3 Å². The number of benzene rings is 1. The Bertz CT molecular complexity index is 223. The molecule has 2 nitrogen and oxygen atoms in total. The highest BCUT2D eigenvalue weighted by atomic mass is 32.2. The first kappa shape index (κ1) is 20.7. The Kier molecular flexibility index (Phi) is 25.7. The standard InChI is InChI=1S/C7H8.C2H6O2S.2C2H6/c1-7-5-3-2-4-6-7;1-4-5(2)3;2*1-2/h2-6H,1H3;1-2H3;2*1-2H3. The molecule has 0 fully saturated rings. The fourth-order valence-corrected chi connectivity index (χ4v) is 0.534. The third-order valence-electron chi connectivity index (χ3n) is 1.18. The molecule has 1 aromatic carbocycles. The second-order valence-electron chi connectivity index (χ2n) is 2.22. The Morgan fingerprint density at radius 2 is 1.31 bits per heavy atom. The van der Waals surface area contributed by atoms with E-state index in [1.807, 2.05) is 45.9 Å². The molecule has 1 rings (SSSR count). The molecule has 16 heavy (non-hydrogen) atoms. The maximum atomic E-state index is 9.70. The van der Waals surface area contributed by atoms with E-state index in [0.29, 0.717) is 0 Å².